The third kappa shape index (κ3) is 6.34. The first-order chi connectivity index (χ1) is 18.5. The van der Waals surface area contributed by atoms with Gasteiger partial charge < -0.3 is 21.1 Å². The number of thioether (sulfide) groups is 1. The van der Waals surface area contributed by atoms with Crippen molar-refractivity contribution in [2.24, 2.45) is 11.7 Å². The second-order valence-corrected chi connectivity index (χ2v) is 13.5. The lowest BCUT2D eigenvalue weighted by Gasteiger charge is -2.49. The van der Waals surface area contributed by atoms with Crippen LogP contribution in [0, 0.1) is 5.92 Å². The maximum atomic E-state index is 13.0. The predicted octanol–water partition coefficient (Wildman–Crippen LogP) is 5.03. The molecule has 7 nitrogen and oxygen atoms in total. The van der Waals surface area contributed by atoms with Gasteiger partial charge in [0, 0.05) is 49.5 Å². The zero-order valence-corrected chi connectivity index (χ0v) is 24.2. The van der Waals surface area contributed by atoms with Gasteiger partial charge in [-0.25, -0.2) is 4.98 Å². The van der Waals surface area contributed by atoms with Gasteiger partial charge in [0.15, 0.2) is 0 Å². The number of hydrogen-bond donors (Lipinski definition) is 3. The monoisotopic (exact) mass is 550 g/mol. The van der Waals surface area contributed by atoms with Crippen LogP contribution in [0.4, 0.5) is 5.82 Å². The molecule has 2 aromatic rings. The Morgan fingerprint density at radius 3 is 2.44 bits per heavy atom. The fourth-order valence-corrected chi connectivity index (χ4v) is 8.09. The SMILES string of the molecule is CC(=O)N(C)C1CCC(CC(=O)Nc2cc(C3CCSC3)c(-c3ccc(C4(N)CC(C)(O)C4)cc3)cn2)CC1. The highest BCUT2D eigenvalue weighted by molar-refractivity contribution is 7.99. The van der Waals surface area contributed by atoms with Crippen molar-refractivity contribution >= 4 is 29.4 Å². The number of carbonyl (C=O) groups is 2. The molecule has 5 rings (SSSR count). The highest BCUT2D eigenvalue weighted by Gasteiger charge is 2.49. The molecule has 1 aromatic heterocycles. The molecule has 1 atom stereocenters. The minimum atomic E-state index is -0.684. The van der Waals surface area contributed by atoms with Crippen molar-refractivity contribution in [1.29, 1.82) is 0 Å². The molecule has 8 heteroatoms. The molecule has 210 valence electrons. The summed E-state index contributed by atoms with van der Waals surface area (Å²) in [6.45, 7) is 3.45. The van der Waals surface area contributed by atoms with Gasteiger partial charge in [0.1, 0.15) is 5.82 Å². The van der Waals surface area contributed by atoms with Crippen LogP contribution in [0.25, 0.3) is 11.1 Å². The highest BCUT2D eigenvalue weighted by atomic mass is 32.2. The fourth-order valence-electron chi connectivity index (χ4n) is 6.84. The van der Waals surface area contributed by atoms with Gasteiger partial charge >= 0.3 is 0 Å². The van der Waals surface area contributed by atoms with E-state index in [-0.39, 0.29) is 17.9 Å². The maximum Gasteiger partial charge on any atom is 0.225 e. The standard InChI is InChI=1S/C31H42N4O3S/c1-20(36)35(3)25-10-4-21(5-11-25)14-29(37)34-28-15-26(23-12-13-39-17-23)27(16-33-28)22-6-8-24(9-7-22)31(32)18-30(2,38)19-31/h6-9,15-16,21,23,25,38H,4-5,10-14,17-19,32H2,1-3H3,(H,33,34,37). The van der Waals surface area contributed by atoms with Crippen molar-refractivity contribution in [1.82, 2.24) is 9.88 Å². The van der Waals surface area contributed by atoms with Crippen LogP contribution >= 0.6 is 11.8 Å². The second-order valence-electron chi connectivity index (χ2n) is 12.4. The molecule has 0 bridgehead atoms. The quantitative estimate of drug-likeness (QED) is 0.446. The van der Waals surface area contributed by atoms with Gasteiger partial charge in [-0.05, 0) is 92.2 Å². The lowest BCUT2D eigenvalue weighted by atomic mass is 9.63. The molecule has 0 radical (unpaired) electrons. The van der Waals surface area contributed by atoms with Crippen molar-refractivity contribution in [3.8, 4) is 11.1 Å². The van der Waals surface area contributed by atoms with E-state index in [2.05, 4.69) is 40.6 Å². The number of benzene rings is 1. The summed E-state index contributed by atoms with van der Waals surface area (Å²) in [4.78, 5) is 31.1. The van der Waals surface area contributed by atoms with E-state index in [1.165, 1.54) is 5.56 Å². The van der Waals surface area contributed by atoms with Gasteiger partial charge in [0.05, 0.1) is 5.60 Å². The Morgan fingerprint density at radius 1 is 1.15 bits per heavy atom. The van der Waals surface area contributed by atoms with Gasteiger partial charge in [-0.1, -0.05) is 24.3 Å². The first-order valence-electron chi connectivity index (χ1n) is 14.3. The van der Waals surface area contributed by atoms with E-state index in [1.807, 2.05) is 36.8 Å². The molecule has 1 aliphatic heterocycles. The van der Waals surface area contributed by atoms with E-state index in [0.29, 0.717) is 36.9 Å². The highest BCUT2D eigenvalue weighted by Crippen LogP contribution is 2.46. The van der Waals surface area contributed by atoms with Crippen LogP contribution < -0.4 is 11.1 Å². The van der Waals surface area contributed by atoms with E-state index in [0.717, 1.165) is 60.3 Å². The van der Waals surface area contributed by atoms with E-state index in [1.54, 1.807) is 6.92 Å². The minimum Gasteiger partial charge on any atom is -0.390 e. The van der Waals surface area contributed by atoms with Gasteiger partial charge in [-0.2, -0.15) is 11.8 Å². The number of rotatable bonds is 7. The molecule has 2 saturated carbocycles. The van der Waals surface area contributed by atoms with E-state index in [9.17, 15) is 14.7 Å². The van der Waals surface area contributed by atoms with E-state index >= 15 is 0 Å². The summed E-state index contributed by atoms with van der Waals surface area (Å²) < 4.78 is 0. The average molecular weight is 551 g/mol. The van der Waals surface area contributed by atoms with Crippen LogP contribution in [0.2, 0.25) is 0 Å². The molecule has 3 aliphatic rings. The Morgan fingerprint density at radius 2 is 1.85 bits per heavy atom. The Kier molecular flexibility index (Phi) is 8.09. The first kappa shape index (κ1) is 28.1. The molecule has 2 aliphatic carbocycles. The molecule has 2 amide bonds. The van der Waals surface area contributed by atoms with Crippen LogP contribution in [0.3, 0.4) is 0 Å². The number of carbonyl (C=O) groups excluding carboxylic acids is 2. The van der Waals surface area contributed by atoms with E-state index in [4.69, 9.17) is 5.73 Å². The van der Waals surface area contributed by atoms with Gasteiger partial charge in [-0.15, -0.1) is 0 Å². The number of nitrogens with two attached hydrogens (primary N) is 1. The summed E-state index contributed by atoms with van der Waals surface area (Å²) in [5.41, 5.74) is 9.88. The largest absolute Gasteiger partial charge is 0.390 e. The number of aliphatic hydroxyl groups is 1. The Labute approximate surface area is 236 Å². The fraction of sp³-hybridized carbons (Fsp3) is 0.581. The Balaban J connectivity index is 1.26. The third-order valence-electron chi connectivity index (χ3n) is 9.07. The van der Waals surface area contributed by atoms with Crippen molar-refractivity contribution in [2.75, 3.05) is 23.9 Å². The van der Waals surface area contributed by atoms with Crippen LogP contribution in [-0.4, -0.2) is 57.0 Å². The number of amides is 2. The molecule has 1 aromatic carbocycles. The molecular formula is C31H42N4O3S. The zero-order valence-electron chi connectivity index (χ0n) is 23.4. The molecule has 0 spiro atoms. The van der Waals surface area contributed by atoms with Crippen LogP contribution in [0.1, 0.15) is 82.3 Å². The Hall–Kier alpha value is -2.42. The molecule has 1 saturated heterocycles. The van der Waals surface area contributed by atoms with Crippen molar-refractivity contribution in [3.05, 3.63) is 47.7 Å². The third-order valence-corrected chi connectivity index (χ3v) is 10.2. The predicted molar refractivity (Wildman–Crippen MR) is 158 cm³/mol. The first-order valence-corrected chi connectivity index (χ1v) is 15.4. The average Bonchev–Trinajstić information content (AvgIpc) is 3.42. The number of nitrogens with zero attached hydrogens (tertiary/aromatic N) is 2. The number of pyridine rings is 1. The molecule has 39 heavy (non-hydrogen) atoms. The lowest BCUT2D eigenvalue weighted by Crippen LogP contribution is -2.58. The van der Waals surface area contributed by atoms with Gasteiger partial charge in [0.2, 0.25) is 11.8 Å². The maximum absolute atomic E-state index is 13.0. The van der Waals surface area contributed by atoms with Gasteiger partial charge in [0.25, 0.3) is 0 Å². The van der Waals surface area contributed by atoms with Crippen molar-refractivity contribution in [3.63, 3.8) is 0 Å². The summed E-state index contributed by atoms with van der Waals surface area (Å²) in [7, 11) is 1.87. The second kappa shape index (κ2) is 11.2. The topological polar surface area (TPSA) is 109 Å². The number of aromatic nitrogens is 1. The van der Waals surface area contributed by atoms with Crippen LogP contribution in [-0.2, 0) is 15.1 Å². The van der Waals surface area contributed by atoms with Crippen LogP contribution in [0.15, 0.2) is 36.5 Å². The number of anilines is 1. The summed E-state index contributed by atoms with van der Waals surface area (Å²) in [5, 5.41) is 13.3. The van der Waals surface area contributed by atoms with Gasteiger partial charge in [-0.3, -0.25) is 9.59 Å². The molecule has 1 unspecified atom stereocenters. The molecule has 4 N–H and O–H groups in total. The molecule has 3 fully saturated rings. The summed E-state index contributed by atoms with van der Waals surface area (Å²) in [6, 6.07) is 10.7. The van der Waals surface area contributed by atoms with Crippen molar-refractivity contribution < 1.29 is 14.7 Å². The van der Waals surface area contributed by atoms with Crippen LogP contribution in [0.5, 0.6) is 0 Å². The van der Waals surface area contributed by atoms with E-state index < -0.39 is 11.1 Å². The summed E-state index contributed by atoms with van der Waals surface area (Å²) in [6.07, 6.45) is 8.47. The molecule has 2 heterocycles. The van der Waals surface area contributed by atoms with Crippen molar-refractivity contribution in [2.45, 2.75) is 88.3 Å². The zero-order chi connectivity index (χ0) is 27.8. The summed E-state index contributed by atoms with van der Waals surface area (Å²) in [5.74, 6) is 3.73. The Bertz CT molecular complexity index is 1190. The number of hydrogen-bond acceptors (Lipinski definition) is 6. The molecular weight excluding hydrogens is 508 g/mol. The minimum absolute atomic E-state index is 0.0133. The summed E-state index contributed by atoms with van der Waals surface area (Å²) >= 11 is 1.97. The normalized spacial score (nSPS) is 30.4. The smallest absolute Gasteiger partial charge is 0.225 e. The number of nitrogens with one attached hydrogen (secondary N) is 1. The lowest BCUT2D eigenvalue weighted by molar-refractivity contribution is -0.130.